The summed E-state index contributed by atoms with van der Waals surface area (Å²) < 4.78 is 0. The van der Waals surface area contributed by atoms with Crippen molar-refractivity contribution in [2.45, 2.75) is 19.1 Å². The van der Waals surface area contributed by atoms with Gasteiger partial charge in [0.15, 0.2) is 0 Å². The van der Waals surface area contributed by atoms with Crippen LogP contribution < -0.4 is 5.73 Å². The van der Waals surface area contributed by atoms with E-state index in [4.69, 9.17) is 5.73 Å². The quantitative estimate of drug-likeness (QED) is 0.450. The van der Waals surface area contributed by atoms with E-state index in [0.717, 1.165) is 5.06 Å². The Morgan fingerprint density at radius 1 is 1.69 bits per heavy atom. The lowest BCUT2D eigenvalue weighted by Crippen LogP contribution is -2.47. The van der Waals surface area contributed by atoms with Crippen LogP contribution in [0, 0.1) is 0 Å². The van der Waals surface area contributed by atoms with Crippen LogP contribution in [0.4, 0.5) is 0 Å². The van der Waals surface area contributed by atoms with Gasteiger partial charge in [-0.3, -0.25) is 9.63 Å². The van der Waals surface area contributed by atoms with Crippen molar-refractivity contribution < 1.29 is 14.7 Å². The Bertz CT molecular complexity index is 194. The highest BCUT2D eigenvalue weighted by Gasteiger charge is 2.23. The van der Waals surface area contributed by atoms with Crippen molar-refractivity contribution in [2.75, 3.05) is 14.2 Å². The second-order valence-electron chi connectivity index (χ2n) is 2.56. The fourth-order valence-electron chi connectivity index (χ4n) is 0.763. The van der Waals surface area contributed by atoms with E-state index in [1.54, 1.807) is 13.0 Å². The monoisotopic (exact) mass is 188 g/mol. The normalized spacial score (nSPS) is 15.8. The third kappa shape index (κ3) is 3.54. The summed E-state index contributed by atoms with van der Waals surface area (Å²) in [7, 11) is 2.79. The molecule has 2 atom stereocenters. The Morgan fingerprint density at radius 3 is 2.62 bits per heavy atom. The maximum absolute atomic E-state index is 11.3. The van der Waals surface area contributed by atoms with E-state index >= 15 is 0 Å². The molecule has 0 spiro atoms. The number of nitrogens with two attached hydrogens (primary N) is 1. The highest BCUT2D eigenvalue weighted by Crippen LogP contribution is 1.97. The van der Waals surface area contributed by atoms with Crippen LogP contribution >= 0.6 is 0 Å². The highest BCUT2D eigenvalue weighted by molar-refractivity contribution is 5.81. The molecule has 5 nitrogen and oxygen atoms in total. The van der Waals surface area contributed by atoms with E-state index in [1.165, 1.54) is 20.2 Å². The van der Waals surface area contributed by atoms with E-state index < -0.39 is 18.1 Å². The summed E-state index contributed by atoms with van der Waals surface area (Å²) in [4.78, 5) is 15.9. The van der Waals surface area contributed by atoms with Crippen LogP contribution in [0.25, 0.3) is 0 Å². The van der Waals surface area contributed by atoms with E-state index in [-0.39, 0.29) is 0 Å². The van der Waals surface area contributed by atoms with Crippen molar-refractivity contribution in [3.8, 4) is 0 Å². The van der Waals surface area contributed by atoms with E-state index in [1.807, 2.05) is 0 Å². The van der Waals surface area contributed by atoms with Gasteiger partial charge in [0.25, 0.3) is 5.91 Å². The molecule has 0 radical (unpaired) electrons. The number of allylic oxidation sites excluding steroid dienone is 1. The average molecular weight is 188 g/mol. The lowest BCUT2D eigenvalue weighted by atomic mass is 10.1. The van der Waals surface area contributed by atoms with Gasteiger partial charge in [-0.05, 0) is 6.92 Å². The van der Waals surface area contributed by atoms with Crippen molar-refractivity contribution in [2.24, 2.45) is 5.73 Å². The zero-order chi connectivity index (χ0) is 10.4. The summed E-state index contributed by atoms with van der Waals surface area (Å²) in [6.07, 6.45) is 2.10. The smallest absolute Gasteiger partial charge is 0.265 e. The number of aliphatic hydroxyl groups is 1. The minimum atomic E-state index is -0.985. The minimum absolute atomic E-state index is 0.465. The number of hydrogen-bond donors (Lipinski definition) is 2. The number of nitrogens with zero attached hydrogens (tertiary/aromatic N) is 1. The van der Waals surface area contributed by atoms with Crippen molar-refractivity contribution in [1.29, 1.82) is 0 Å². The first-order valence-corrected chi connectivity index (χ1v) is 3.92. The largest absolute Gasteiger partial charge is 0.387 e. The van der Waals surface area contributed by atoms with Gasteiger partial charge in [-0.15, -0.1) is 0 Å². The summed E-state index contributed by atoms with van der Waals surface area (Å²) in [5, 5.41) is 10.3. The number of rotatable bonds is 4. The molecule has 0 bridgehead atoms. The summed E-state index contributed by atoms with van der Waals surface area (Å²) in [5.41, 5.74) is 5.45. The van der Waals surface area contributed by atoms with Gasteiger partial charge in [0.2, 0.25) is 0 Å². The number of likely N-dealkylation sites (N-methyl/N-ethyl adjacent to an activating group) is 1. The topological polar surface area (TPSA) is 75.8 Å². The van der Waals surface area contributed by atoms with Crippen molar-refractivity contribution in [1.82, 2.24) is 5.06 Å². The zero-order valence-electron chi connectivity index (χ0n) is 8.10. The predicted octanol–water partition coefficient (Wildman–Crippen LogP) is -0.729. The summed E-state index contributed by atoms with van der Waals surface area (Å²) in [5.74, 6) is -0.465. The Morgan fingerprint density at radius 2 is 2.23 bits per heavy atom. The Labute approximate surface area is 77.7 Å². The van der Waals surface area contributed by atoms with Gasteiger partial charge in [0, 0.05) is 7.05 Å². The van der Waals surface area contributed by atoms with E-state index in [9.17, 15) is 9.90 Å². The molecule has 0 unspecified atom stereocenters. The second kappa shape index (κ2) is 5.69. The fraction of sp³-hybridized carbons (Fsp3) is 0.625. The maximum atomic E-state index is 11.3. The third-order valence-corrected chi connectivity index (χ3v) is 1.63. The number of aliphatic hydroxyl groups excluding tert-OH is 1. The van der Waals surface area contributed by atoms with Crippen molar-refractivity contribution >= 4 is 5.91 Å². The van der Waals surface area contributed by atoms with Gasteiger partial charge >= 0.3 is 0 Å². The number of carbonyl (C=O) groups excluding carboxylic acids is 1. The number of amides is 1. The second-order valence-corrected chi connectivity index (χ2v) is 2.56. The lowest BCUT2D eigenvalue weighted by Gasteiger charge is -2.20. The van der Waals surface area contributed by atoms with Crippen LogP contribution in [0.5, 0.6) is 0 Å². The lowest BCUT2D eigenvalue weighted by molar-refractivity contribution is -0.171. The molecule has 0 aliphatic rings. The molecule has 0 saturated heterocycles. The molecule has 13 heavy (non-hydrogen) atoms. The number of hydrogen-bond acceptors (Lipinski definition) is 4. The van der Waals surface area contributed by atoms with Gasteiger partial charge in [-0.1, -0.05) is 12.2 Å². The number of carbonyl (C=O) groups is 1. The molecule has 0 heterocycles. The fourth-order valence-corrected chi connectivity index (χ4v) is 0.763. The molecule has 0 aromatic heterocycles. The molecule has 5 heteroatoms. The van der Waals surface area contributed by atoms with E-state index in [0.29, 0.717) is 0 Å². The molecule has 0 fully saturated rings. The first kappa shape index (κ1) is 12.1. The van der Waals surface area contributed by atoms with Crippen LogP contribution in [-0.4, -0.2) is 42.4 Å². The molecule has 0 aromatic rings. The van der Waals surface area contributed by atoms with E-state index in [2.05, 4.69) is 4.84 Å². The molecule has 1 amide bonds. The Balaban J connectivity index is 4.24. The molecule has 0 aliphatic carbocycles. The summed E-state index contributed by atoms with van der Waals surface area (Å²) >= 11 is 0. The molecular weight excluding hydrogens is 172 g/mol. The first-order valence-electron chi connectivity index (χ1n) is 3.92. The standard InChI is InChI=1S/C8H16N2O3/c1-4-5-6(11)7(9)8(12)10(2)13-3/h4-7,11H,9H2,1-3H3/b5-4+/t6-,7+/m1/s1. The molecule has 76 valence electrons. The van der Waals surface area contributed by atoms with Crippen LogP contribution in [0.3, 0.4) is 0 Å². The summed E-state index contributed by atoms with van der Waals surface area (Å²) in [6, 6.07) is -0.985. The Hall–Kier alpha value is -0.910. The van der Waals surface area contributed by atoms with Gasteiger partial charge in [-0.2, -0.15) is 0 Å². The third-order valence-electron chi connectivity index (χ3n) is 1.63. The van der Waals surface area contributed by atoms with Crippen LogP contribution in [0.2, 0.25) is 0 Å². The minimum Gasteiger partial charge on any atom is -0.387 e. The molecular formula is C8H16N2O3. The van der Waals surface area contributed by atoms with Gasteiger partial charge in [0.1, 0.15) is 6.04 Å². The zero-order valence-corrected chi connectivity index (χ0v) is 8.10. The highest BCUT2D eigenvalue weighted by atomic mass is 16.7. The molecule has 0 aliphatic heterocycles. The SMILES string of the molecule is C/C=C/[C@@H](O)[C@H](N)C(=O)N(C)OC. The van der Waals surface area contributed by atoms with Crippen LogP contribution in [0.1, 0.15) is 6.92 Å². The van der Waals surface area contributed by atoms with Crippen LogP contribution in [0.15, 0.2) is 12.2 Å². The van der Waals surface area contributed by atoms with Crippen LogP contribution in [-0.2, 0) is 9.63 Å². The summed E-state index contributed by atoms with van der Waals surface area (Å²) in [6.45, 7) is 1.74. The predicted molar refractivity (Wildman–Crippen MR) is 48.6 cm³/mol. The molecule has 0 aromatic carbocycles. The van der Waals surface area contributed by atoms with Crippen molar-refractivity contribution in [3.05, 3.63) is 12.2 Å². The average Bonchev–Trinajstić information content (AvgIpc) is 2.14. The van der Waals surface area contributed by atoms with Gasteiger partial charge in [-0.25, -0.2) is 5.06 Å². The maximum Gasteiger partial charge on any atom is 0.265 e. The van der Waals surface area contributed by atoms with Crippen molar-refractivity contribution in [3.63, 3.8) is 0 Å². The molecule has 0 saturated carbocycles. The first-order chi connectivity index (χ1) is 6.04. The molecule has 3 N–H and O–H groups in total. The van der Waals surface area contributed by atoms with Gasteiger partial charge < -0.3 is 10.8 Å². The Kier molecular flexibility index (Phi) is 5.29. The number of hydroxylamine groups is 2. The van der Waals surface area contributed by atoms with Gasteiger partial charge in [0.05, 0.1) is 13.2 Å². The molecule has 0 rings (SSSR count).